The average molecular weight is 427 g/mol. The van der Waals surface area contributed by atoms with Crippen molar-refractivity contribution in [1.82, 2.24) is 18.7 Å². The molecule has 0 unspecified atom stereocenters. The van der Waals surface area contributed by atoms with E-state index in [4.69, 9.17) is 9.47 Å². The molecule has 0 saturated heterocycles. The molecule has 0 N–H and O–H groups in total. The standard InChI is InChI=1S/C23H30N4O4/c1-6-12-26-21-20(22(28)27(13-7-2)23(26)29)25(3)19(24-21)11-9-16-8-10-18(31-5)17(14-16)15-30-4/h8-11,14H,6-7,12-13,15H2,1-5H3/b11-9+. The third-order valence-corrected chi connectivity index (χ3v) is 5.20. The summed E-state index contributed by atoms with van der Waals surface area (Å²) in [4.78, 5) is 30.5. The van der Waals surface area contributed by atoms with Crippen LogP contribution in [0.2, 0.25) is 0 Å². The fourth-order valence-corrected chi connectivity index (χ4v) is 3.72. The Morgan fingerprint density at radius 2 is 1.74 bits per heavy atom. The molecule has 0 bridgehead atoms. The molecule has 0 atom stereocenters. The van der Waals surface area contributed by atoms with E-state index in [0.717, 1.165) is 23.3 Å². The summed E-state index contributed by atoms with van der Waals surface area (Å²) < 4.78 is 15.3. The van der Waals surface area contributed by atoms with E-state index >= 15 is 0 Å². The van der Waals surface area contributed by atoms with Gasteiger partial charge in [0.25, 0.3) is 5.56 Å². The average Bonchev–Trinajstić information content (AvgIpc) is 3.09. The van der Waals surface area contributed by atoms with E-state index < -0.39 is 0 Å². The van der Waals surface area contributed by atoms with E-state index in [1.807, 2.05) is 44.2 Å². The topological polar surface area (TPSA) is 80.3 Å². The van der Waals surface area contributed by atoms with Crippen molar-refractivity contribution in [2.45, 2.75) is 46.4 Å². The molecule has 0 aliphatic carbocycles. The van der Waals surface area contributed by atoms with Crippen LogP contribution in [-0.4, -0.2) is 32.9 Å². The maximum Gasteiger partial charge on any atom is 0.332 e. The maximum absolute atomic E-state index is 13.0. The lowest BCUT2D eigenvalue weighted by atomic mass is 10.1. The van der Waals surface area contributed by atoms with E-state index in [-0.39, 0.29) is 11.2 Å². The fourth-order valence-electron chi connectivity index (χ4n) is 3.72. The second-order valence-electron chi connectivity index (χ2n) is 7.43. The molecule has 0 aliphatic heterocycles. The number of fused-ring (bicyclic) bond motifs is 1. The normalized spacial score (nSPS) is 11.6. The molecular formula is C23H30N4O4. The Hall–Kier alpha value is -3.13. The van der Waals surface area contributed by atoms with Crippen LogP contribution in [0, 0.1) is 0 Å². The first-order valence-corrected chi connectivity index (χ1v) is 10.5. The minimum absolute atomic E-state index is 0.296. The number of imidazole rings is 1. The molecule has 1 aromatic carbocycles. The van der Waals surface area contributed by atoms with Crippen molar-refractivity contribution in [2.75, 3.05) is 14.2 Å². The predicted octanol–water partition coefficient (Wildman–Crippen LogP) is 3.04. The van der Waals surface area contributed by atoms with E-state index in [9.17, 15) is 9.59 Å². The van der Waals surface area contributed by atoms with Gasteiger partial charge in [-0.05, 0) is 36.6 Å². The Bertz CT molecular complexity index is 1220. The molecule has 31 heavy (non-hydrogen) atoms. The highest BCUT2D eigenvalue weighted by molar-refractivity contribution is 5.76. The van der Waals surface area contributed by atoms with Crippen molar-refractivity contribution in [3.63, 3.8) is 0 Å². The Morgan fingerprint density at radius 1 is 1.03 bits per heavy atom. The molecule has 0 saturated carbocycles. The predicted molar refractivity (Wildman–Crippen MR) is 122 cm³/mol. The smallest absolute Gasteiger partial charge is 0.332 e. The SMILES string of the molecule is CCCn1c(=O)c2c(nc(/C=C/c3ccc(OC)c(COC)c3)n2C)n(CCC)c1=O. The van der Waals surface area contributed by atoms with Crippen LogP contribution in [0.1, 0.15) is 43.6 Å². The second-order valence-corrected chi connectivity index (χ2v) is 7.43. The molecule has 2 aromatic heterocycles. The highest BCUT2D eigenvalue weighted by Crippen LogP contribution is 2.22. The van der Waals surface area contributed by atoms with Crippen molar-refractivity contribution in [1.29, 1.82) is 0 Å². The van der Waals surface area contributed by atoms with Crippen molar-refractivity contribution >= 4 is 23.3 Å². The number of methoxy groups -OCH3 is 2. The van der Waals surface area contributed by atoms with Crippen LogP contribution in [0.5, 0.6) is 5.75 Å². The molecule has 0 fully saturated rings. The zero-order chi connectivity index (χ0) is 22.5. The summed E-state index contributed by atoms with van der Waals surface area (Å²) in [5, 5.41) is 0. The fraction of sp³-hybridized carbons (Fsp3) is 0.435. The van der Waals surface area contributed by atoms with Crippen molar-refractivity contribution in [3.05, 3.63) is 56.0 Å². The highest BCUT2D eigenvalue weighted by atomic mass is 16.5. The van der Waals surface area contributed by atoms with Crippen LogP contribution in [0.3, 0.4) is 0 Å². The first-order chi connectivity index (χ1) is 15.0. The third-order valence-electron chi connectivity index (χ3n) is 5.20. The Balaban J connectivity index is 2.12. The number of nitrogens with zero attached hydrogens (tertiary/aromatic N) is 4. The minimum atomic E-state index is -0.297. The molecule has 3 aromatic rings. The van der Waals surface area contributed by atoms with Crippen LogP contribution in [0.25, 0.3) is 23.3 Å². The van der Waals surface area contributed by atoms with E-state index in [0.29, 0.717) is 43.1 Å². The largest absolute Gasteiger partial charge is 0.496 e. The highest BCUT2D eigenvalue weighted by Gasteiger charge is 2.18. The molecule has 0 radical (unpaired) electrons. The van der Waals surface area contributed by atoms with Crippen LogP contribution in [0.4, 0.5) is 0 Å². The molecule has 166 valence electrons. The van der Waals surface area contributed by atoms with Gasteiger partial charge in [-0.25, -0.2) is 9.78 Å². The third kappa shape index (κ3) is 4.34. The molecular weight excluding hydrogens is 396 g/mol. The molecule has 8 nitrogen and oxygen atoms in total. The van der Waals surface area contributed by atoms with Crippen molar-refractivity contribution in [2.24, 2.45) is 7.05 Å². The van der Waals surface area contributed by atoms with Crippen LogP contribution >= 0.6 is 0 Å². The lowest BCUT2D eigenvalue weighted by Gasteiger charge is -2.10. The number of aromatic nitrogens is 4. The zero-order valence-electron chi connectivity index (χ0n) is 18.8. The number of hydrogen-bond donors (Lipinski definition) is 0. The Morgan fingerprint density at radius 3 is 2.39 bits per heavy atom. The van der Waals surface area contributed by atoms with Gasteiger partial charge in [0.2, 0.25) is 0 Å². The summed E-state index contributed by atoms with van der Waals surface area (Å²) in [5.74, 6) is 1.37. The van der Waals surface area contributed by atoms with Gasteiger partial charge in [-0.2, -0.15) is 0 Å². The van der Waals surface area contributed by atoms with Gasteiger partial charge in [0.05, 0.1) is 13.7 Å². The summed E-state index contributed by atoms with van der Waals surface area (Å²) in [6.07, 6.45) is 5.25. The summed E-state index contributed by atoms with van der Waals surface area (Å²) in [7, 11) is 5.07. The number of benzene rings is 1. The number of rotatable bonds is 9. The number of hydrogen-bond acceptors (Lipinski definition) is 5. The van der Waals surface area contributed by atoms with Gasteiger partial charge in [0, 0.05) is 32.8 Å². The van der Waals surface area contributed by atoms with E-state index in [1.165, 1.54) is 4.57 Å². The summed E-state index contributed by atoms with van der Waals surface area (Å²) in [5.41, 5.74) is 2.17. The maximum atomic E-state index is 13.0. The first-order valence-electron chi connectivity index (χ1n) is 10.5. The van der Waals surface area contributed by atoms with Gasteiger partial charge in [-0.3, -0.25) is 13.9 Å². The van der Waals surface area contributed by atoms with E-state index in [2.05, 4.69) is 4.98 Å². The summed E-state index contributed by atoms with van der Waals surface area (Å²) in [6.45, 7) is 5.29. The first kappa shape index (κ1) is 22.6. The van der Waals surface area contributed by atoms with Crippen LogP contribution in [0.15, 0.2) is 27.8 Å². The van der Waals surface area contributed by atoms with Gasteiger partial charge in [0.1, 0.15) is 11.6 Å². The van der Waals surface area contributed by atoms with Gasteiger partial charge in [-0.1, -0.05) is 26.0 Å². The molecule has 0 amide bonds. The monoisotopic (exact) mass is 426 g/mol. The van der Waals surface area contributed by atoms with Crippen LogP contribution in [-0.2, 0) is 31.5 Å². The second kappa shape index (κ2) is 9.78. The van der Waals surface area contributed by atoms with Crippen molar-refractivity contribution in [3.8, 4) is 5.75 Å². The zero-order valence-corrected chi connectivity index (χ0v) is 18.8. The molecule has 2 heterocycles. The lowest BCUT2D eigenvalue weighted by Crippen LogP contribution is -2.40. The van der Waals surface area contributed by atoms with Gasteiger partial charge in [0.15, 0.2) is 11.2 Å². The van der Waals surface area contributed by atoms with Gasteiger partial charge < -0.3 is 14.0 Å². The van der Waals surface area contributed by atoms with Gasteiger partial charge >= 0.3 is 5.69 Å². The molecule has 8 heteroatoms. The van der Waals surface area contributed by atoms with Crippen LogP contribution < -0.4 is 16.0 Å². The minimum Gasteiger partial charge on any atom is -0.496 e. The summed E-state index contributed by atoms with van der Waals surface area (Å²) >= 11 is 0. The molecule has 0 spiro atoms. The Labute approximate surface area is 181 Å². The number of aryl methyl sites for hydroxylation is 2. The molecule has 3 rings (SSSR count). The quantitative estimate of drug-likeness (QED) is 0.525. The molecule has 0 aliphatic rings. The lowest BCUT2D eigenvalue weighted by molar-refractivity contribution is 0.181. The number of ether oxygens (including phenoxy) is 2. The van der Waals surface area contributed by atoms with E-state index in [1.54, 1.807) is 30.4 Å². The van der Waals surface area contributed by atoms with Gasteiger partial charge in [-0.15, -0.1) is 0 Å². The summed E-state index contributed by atoms with van der Waals surface area (Å²) in [6, 6.07) is 5.83. The Kier molecular flexibility index (Phi) is 7.12. The van der Waals surface area contributed by atoms with Crippen molar-refractivity contribution < 1.29 is 9.47 Å².